The largest absolute Gasteiger partial charge is 0.337 e. The van der Waals surface area contributed by atoms with E-state index in [0.29, 0.717) is 25.0 Å². The molecule has 3 rings (SSSR count). The minimum Gasteiger partial charge on any atom is -0.337 e. The van der Waals surface area contributed by atoms with Gasteiger partial charge in [-0.15, -0.1) is 0 Å². The van der Waals surface area contributed by atoms with Crippen LogP contribution in [0.15, 0.2) is 35.5 Å². The van der Waals surface area contributed by atoms with Crippen molar-refractivity contribution in [3.8, 4) is 0 Å². The molecule has 1 saturated heterocycles. The maximum absolute atomic E-state index is 13.4. The monoisotopic (exact) mass is 342 g/mol. The standard InChI is InChI=1S/C14H16F2N4O2S/c1-19-6-5-18-14(19)13-9-17-4-7-20(13)23(21,22)10-2-3-11(15)12(16)8-10/h2-3,5-6,8,13,17H,4,7,9H2,1H3. The number of hydrogen-bond donors (Lipinski definition) is 1. The summed E-state index contributed by atoms with van der Waals surface area (Å²) in [5, 5.41) is 3.13. The predicted molar refractivity (Wildman–Crippen MR) is 79.1 cm³/mol. The first-order valence-electron chi connectivity index (χ1n) is 7.06. The summed E-state index contributed by atoms with van der Waals surface area (Å²) in [5.41, 5.74) is 0. The number of benzene rings is 1. The van der Waals surface area contributed by atoms with E-state index in [1.807, 2.05) is 0 Å². The van der Waals surface area contributed by atoms with Crippen LogP contribution in [0.1, 0.15) is 11.9 Å². The van der Waals surface area contributed by atoms with Crippen molar-refractivity contribution in [3.05, 3.63) is 48.1 Å². The van der Waals surface area contributed by atoms with Crippen LogP contribution in [-0.4, -0.2) is 41.9 Å². The third-order valence-corrected chi connectivity index (χ3v) is 5.75. The van der Waals surface area contributed by atoms with Crippen LogP contribution in [0.5, 0.6) is 0 Å². The summed E-state index contributed by atoms with van der Waals surface area (Å²) in [6, 6.07) is 2.09. The summed E-state index contributed by atoms with van der Waals surface area (Å²) in [4.78, 5) is 3.95. The number of sulfonamides is 1. The predicted octanol–water partition coefficient (Wildman–Crippen LogP) is 1.03. The molecule has 0 saturated carbocycles. The van der Waals surface area contributed by atoms with Gasteiger partial charge in [0.2, 0.25) is 10.0 Å². The number of nitrogens with one attached hydrogen (secondary N) is 1. The Labute approximate surface area is 132 Å². The molecule has 23 heavy (non-hydrogen) atoms. The topological polar surface area (TPSA) is 67.2 Å². The summed E-state index contributed by atoms with van der Waals surface area (Å²) in [7, 11) is -2.18. The zero-order valence-corrected chi connectivity index (χ0v) is 13.2. The number of aromatic nitrogens is 2. The van der Waals surface area contributed by atoms with Crippen molar-refractivity contribution in [1.29, 1.82) is 0 Å². The Balaban J connectivity index is 2.02. The lowest BCUT2D eigenvalue weighted by molar-refractivity contribution is 0.258. The van der Waals surface area contributed by atoms with E-state index in [0.717, 1.165) is 12.1 Å². The average molecular weight is 342 g/mol. The van der Waals surface area contributed by atoms with E-state index >= 15 is 0 Å². The molecule has 0 aliphatic carbocycles. The van der Waals surface area contributed by atoms with Gasteiger partial charge in [-0.05, 0) is 18.2 Å². The molecule has 1 aromatic heterocycles. The van der Waals surface area contributed by atoms with Crippen molar-refractivity contribution < 1.29 is 17.2 Å². The number of hydrogen-bond acceptors (Lipinski definition) is 4. The fraction of sp³-hybridized carbons (Fsp3) is 0.357. The lowest BCUT2D eigenvalue weighted by Crippen LogP contribution is -2.49. The van der Waals surface area contributed by atoms with Crippen molar-refractivity contribution in [2.45, 2.75) is 10.9 Å². The van der Waals surface area contributed by atoms with Gasteiger partial charge in [-0.3, -0.25) is 0 Å². The van der Waals surface area contributed by atoms with Crippen molar-refractivity contribution >= 4 is 10.0 Å². The molecular formula is C14H16F2N4O2S. The Kier molecular flexibility index (Phi) is 4.17. The van der Waals surface area contributed by atoms with Gasteiger partial charge in [0.15, 0.2) is 11.6 Å². The number of nitrogens with zero attached hydrogens (tertiary/aromatic N) is 3. The van der Waals surface area contributed by atoms with Gasteiger partial charge in [0.25, 0.3) is 0 Å². The molecule has 6 nitrogen and oxygen atoms in total. The highest BCUT2D eigenvalue weighted by atomic mass is 32.2. The smallest absolute Gasteiger partial charge is 0.243 e. The fourth-order valence-corrected chi connectivity index (χ4v) is 4.26. The summed E-state index contributed by atoms with van der Waals surface area (Å²) in [5.74, 6) is -1.68. The number of piperazine rings is 1. The van der Waals surface area contributed by atoms with Crippen molar-refractivity contribution in [3.63, 3.8) is 0 Å². The van der Waals surface area contributed by atoms with Gasteiger partial charge < -0.3 is 9.88 Å². The number of halogens is 2. The van der Waals surface area contributed by atoms with Gasteiger partial charge in [0.1, 0.15) is 5.82 Å². The van der Waals surface area contributed by atoms with E-state index in [1.54, 1.807) is 24.0 Å². The van der Waals surface area contributed by atoms with Gasteiger partial charge in [0, 0.05) is 39.1 Å². The minimum atomic E-state index is -3.96. The molecule has 9 heteroatoms. The highest BCUT2D eigenvalue weighted by Gasteiger charge is 2.36. The average Bonchev–Trinajstić information content (AvgIpc) is 2.96. The maximum Gasteiger partial charge on any atom is 0.243 e. The van der Waals surface area contributed by atoms with Crippen molar-refractivity contribution in [1.82, 2.24) is 19.2 Å². The molecule has 0 bridgehead atoms. The van der Waals surface area contributed by atoms with Gasteiger partial charge in [-0.25, -0.2) is 22.2 Å². The van der Waals surface area contributed by atoms with E-state index in [2.05, 4.69) is 10.3 Å². The maximum atomic E-state index is 13.4. The molecule has 1 aliphatic rings. The van der Waals surface area contributed by atoms with E-state index in [-0.39, 0.29) is 11.4 Å². The zero-order chi connectivity index (χ0) is 16.6. The number of aryl methyl sites for hydroxylation is 1. The quantitative estimate of drug-likeness (QED) is 0.905. The second-order valence-corrected chi connectivity index (χ2v) is 7.20. The van der Waals surface area contributed by atoms with Crippen LogP contribution < -0.4 is 5.32 Å². The lowest BCUT2D eigenvalue weighted by Gasteiger charge is -2.34. The van der Waals surface area contributed by atoms with E-state index in [4.69, 9.17) is 0 Å². The van der Waals surface area contributed by atoms with Gasteiger partial charge >= 0.3 is 0 Å². The first kappa shape index (κ1) is 16.0. The van der Waals surface area contributed by atoms with Crippen LogP contribution >= 0.6 is 0 Å². The van der Waals surface area contributed by atoms with E-state index < -0.39 is 27.7 Å². The molecule has 1 unspecified atom stereocenters. The highest BCUT2D eigenvalue weighted by molar-refractivity contribution is 7.89. The highest BCUT2D eigenvalue weighted by Crippen LogP contribution is 2.28. The zero-order valence-electron chi connectivity index (χ0n) is 12.4. The Bertz CT molecular complexity index is 822. The molecule has 1 aromatic carbocycles. The summed E-state index contributed by atoms with van der Waals surface area (Å²) >= 11 is 0. The summed E-state index contributed by atoms with van der Waals surface area (Å²) in [6.07, 6.45) is 3.32. The van der Waals surface area contributed by atoms with Crippen LogP contribution in [0.3, 0.4) is 0 Å². The molecule has 1 N–H and O–H groups in total. The van der Waals surface area contributed by atoms with Crippen LogP contribution in [-0.2, 0) is 17.1 Å². The van der Waals surface area contributed by atoms with E-state index in [1.165, 1.54) is 4.31 Å². The second-order valence-electron chi connectivity index (χ2n) is 5.31. The molecule has 0 radical (unpaired) electrons. The fourth-order valence-electron chi connectivity index (χ4n) is 2.66. The normalized spacial score (nSPS) is 19.9. The molecule has 1 atom stereocenters. The first-order chi connectivity index (χ1) is 10.9. The Morgan fingerprint density at radius 1 is 1.30 bits per heavy atom. The molecule has 1 fully saturated rings. The molecule has 0 spiro atoms. The van der Waals surface area contributed by atoms with Gasteiger partial charge in [-0.1, -0.05) is 0 Å². The first-order valence-corrected chi connectivity index (χ1v) is 8.50. The van der Waals surface area contributed by atoms with Crippen LogP contribution in [0, 0.1) is 11.6 Å². The summed E-state index contributed by atoms with van der Waals surface area (Å²) < 4.78 is 55.2. The van der Waals surface area contributed by atoms with Crippen molar-refractivity contribution in [2.24, 2.45) is 7.05 Å². The van der Waals surface area contributed by atoms with Crippen LogP contribution in [0.2, 0.25) is 0 Å². The van der Waals surface area contributed by atoms with Crippen molar-refractivity contribution in [2.75, 3.05) is 19.6 Å². The summed E-state index contributed by atoms with van der Waals surface area (Å²) in [6.45, 7) is 1.09. The lowest BCUT2D eigenvalue weighted by atomic mass is 10.2. The van der Waals surface area contributed by atoms with Crippen LogP contribution in [0.25, 0.3) is 0 Å². The van der Waals surface area contributed by atoms with Gasteiger partial charge in [-0.2, -0.15) is 4.31 Å². The Morgan fingerprint density at radius 3 is 2.74 bits per heavy atom. The minimum absolute atomic E-state index is 0.221. The van der Waals surface area contributed by atoms with Gasteiger partial charge in [0.05, 0.1) is 10.9 Å². The van der Waals surface area contributed by atoms with E-state index in [9.17, 15) is 17.2 Å². The SMILES string of the molecule is Cn1ccnc1C1CNCCN1S(=O)(=O)c1ccc(F)c(F)c1. The molecule has 2 heterocycles. The third-order valence-electron chi connectivity index (χ3n) is 3.85. The molecule has 1 aliphatic heterocycles. The van der Waals surface area contributed by atoms with Crippen LogP contribution in [0.4, 0.5) is 8.78 Å². The molecular weight excluding hydrogens is 326 g/mol. The third kappa shape index (κ3) is 2.87. The number of rotatable bonds is 3. The Morgan fingerprint density at radius 2 is 2.09 bits per heavy atom. The molecule has 124 valence electrons. The Hall–Kier alpha value is -1.84. The second kappa shape index (κ2) is 5.99. The number of imidazole rings is 1. The molecule has 0 amide bonds. The molecule has 2 aromatic rings.